The highest BCUT2D eigenvalue weighted by Gasteiger charge is 2.24. The van der Waals surface area contributed by atoms with Crippen LogP contribution in [0.5, 0.6) is 0 Å². The summed E-state index contributed by atoms with van der Waals surface area (Å²) in [5, 5.41) is 0. The third kappa shape index (κ3) is 2.59. The zero-order valence-electron chi connectivity index (χ0n) is 9.52. The molecule has 1 fully saturated rings. The van der Waals surface area contributed by atoms with Crippen LogP contribution in [0.1, 0.15) is 25.3 Å². The Morgan fingerprint density at radius 2 is 2.12 bits per heavy atom. The van der Waals surface area contributed by atoms with Crippen LogP contribution in [0, 0.1) is 0 Å². The lowest BCUT2D eigenvalue weighted by Gasteiger charge is -2.21. The van der Waals surface area contributed by atoms with E-state index >= 15 is 0 Å². The zero-order valence-corrected chi connectivity index (χ0v) is 10.4. The van der Waals surface area contributed by atoms with E-state index in [-0.39, 0.29) is 5.91 Å². The quantitative estimate of drug-likeness (QED) is 0.781. The van der Waals surface area contributed by atoms with E-state index in [1.54, 1.807) is 0 Å². The van der Waals surface area contributed by atoms with Gasteiger partial charge < -0.3 is 4.90 Å². The van der Waals surface area contributed by atoms with Gasteiger partial charge in [0.25, 0.3) is 0 Å². The maximum Gasteiger partial charge on any atom is 0.227 e. The lowest BCUT2D eigenvalue weighted by atomic mass is 10.1. The first-order valence-corrected chi connectivity index (χ1v) is 6.19. The summed E-state index contributed by atoms with van der Waals surface area (Å²) in [5.41, 5.74) is 1.07. The van der Waals surface area contributed by atoms with Gasteiger partial charge >= 0.3 is 0 Å². The summed E-state index contributed by atoms with van der Waals surface area (Å²) < 4.78 is 0. The van der Waals surface area contributed by atoms with E-state index < -0.39 is 0 Å². The van der Waals surface area contributed by atoms with Crippen LogP contribution in [0.2, 0.25) is 0 Å². The summed E-state index contributed by atoms with van der Waals surface area (Å²) in [5.74, 6) is 0.247. The predicted molar refractivity (Wildman–Crippen MR) is 67.8 cm³/mol. The molecule has 1 saturated heterocycles. The molecular weight excluding hydrogens is 218 g/mol. The average molecular weight is 235 g/mol. The Morgan fingerprint density at radius 1 is 1.44 bits per heavy atom. The first-order valence-electron chi connectivity index (χ1n) is 5.74. The van der Waals surface area contributed by atoms with Gasteiger partial charge in [-0.2, -0.15) is 0 Å². The second kappa shape index (κ2) is 4.91. The molecule has 86 valence electrons. The fourth-order valence-corrected chi connectivity index (χ4v) is 2.34. The van der Waals surface area contributed by atoms with Crippen LogP contribution >= 0.6 is 12.6 Å². The largest absolute Gasteiger partial charge is 0.340 e. The molecule has 0 aromatic heterocycles. The topological polar surface area (TPSA) is 20.3 Å². The minimum Gasteiger partial charge on any atom is -0.340 e. The van der Waals surface area contributed by atoms with Crippen molar-refractivity contribution in [2.45, 2.75) is 37.1 Å². The van der Waals surface area contributed by atoms with Crippen molar-refractivity contribution < 1.29 is 4.79 Å². The van der Waals surface area contributed by atoms with Crippen molar-refractivity contribution in [2.24, 2.45) is 0 Å². The Bertz CT molecular complexity index is 374. The maximum atomic E-state index is 12.0. The summed E-state index contributed by atoms with van der Waals surface area (Å²) in [6, 6.07) is 8.22. The number of benzene rings is 1. The van der Waals surface area contributed by atoms with E-state index in [0.29, 0.717) is 12.5 Å². The first kappa shape index (κ1) is 11.5. The first-order chi connectivity index (χ1) is 7.66. The highest BCUT2D eigenvalue weighted by Crippen LogP contribution is 2.18. The third-order valence-corrected chi connectivity index (χ3v) is 3.46. The number of thiol groups is 1. The van der Waals surface area contributed by atoms with Gasteiger partial charge in [-0.3, -0.25) is 4.79 Å². The Kier molecular flexibility index (Phi) is 3.54. The number of likely N-dealkylation sites (tertiary alicyclic amines) is 1. The molecule has 1 aromatic carbocycles. The molecule has 0 bridgehead atoms. The molecule has 0 radical (unpaired) electrons. The molecule has 0 spiro atoms. The molecule has 2 rings (SSSR count). The monoisotopic (exact) mass is 235 g/mol. The lowest BCUT2D eigenvalue weighted by Crippen LogP contribution is -2.34. The van der Waals surface area contributed by atoms with Crippen molar-refractivity contribution in [3.63, 3.8) is 0 Å². The highest BCUT2D eigenvalue weighted by molar-refractivity contribution is 7.80. The van der Waals surface area contributed by atoms with Gasteiger partial charge in [0.15, 0.2) is 0 Å². The summed E-state index contributed by atoms with van der Waals surface area (Å²) in [6.45, 7) is 3.05. The van der Waals surface area contributed by atoms with Gasteiger partial charge in [-0.15, -0.1) is 12.6 Å². The zero-order chi connectivity index (χ0) is 11.5. The number of hydrogen-bond donors (Lipinski definition) is 1. The molecule has 0 aliphatic carbocycles. The van der Waals surface area contributed by atoms with Gasteiger partial charge in [0.1, 0.15) is 0 Å². The molecule has 1 aromatic rings. The van der Waals surface area contributed by atoms with Crippen LogP contribution in [0.15, 0.2) is 29.2 Å². The number of carbonyl (C=O) groups is 1. The number of nitrogens with zero attached hydrogens (tertiary/aromatic N) is 1. The molecule has 1 heterocycles. The van der Waals surface area contributed by atoms with Crippen LogP contribution < -0.4 is 0 Å². The minimum atomic E-state index is 0.247. The normalized spacial score (nSPS) is 20.1. The Labute approximate surface area is 102 Å². The molecule has 2 nitrogen and oxygen atoms in total. The van der Waals surface area contributed by atoms with Gasteiger partial charge in [0.2, 0.25) is 5.91 Å². The third-order valence-electron chi connectivity index (χ3n) is 3.17. The molecule has 1 unspecified atom stereocenters. The molecule has 16 heavy (non-hydrogen) atoms. The number of amides is 1. The van der Waals surface area contributed by atoms with Crippen molar-refractivity contribution in [3.8, 4) is 0 Å². The number of rotatable bonds is 2. The van der Waals surface area contributed by atoms with E-state index in [1.165, 1.54) is 0 Å². The lowest BCUT2D eigenvalue weighted by molar-refractivity contribution is -0.130. The van der Waals surface area contributed by atoms with E-state index in [1.807, 2.05) is 29.2 Å². The second-order valence-electron chi connectivity index (χ2n) is 4.42. The summed E-state index contributed by atoms with van der Waals surface area (Å²) >= 11 is 4.23. The smallest absolute Gasteiger partial charge is 0.227 e. The van der Waals surface area contributed by atoms with E-state index in [9.17, 15) is 4.79 Å². The molecule has 1 aliphatic rings. The van der Waals surface area contributed by atoms with Crippen LogP contribution in [0.25, 0.3) is 0 Å². The summed E-state index contributed by atoms with van der Waals surface area (Å²) in [6.07, 6.45) is 2.79. The van der Waals surface area contributed by atoms with Crippen LogP contribution in [0.4, 0.5) is 0 Å². The molecular formula is C13H17NOS. The van der Waals surface area contributed by atoms with Crippen molar-refractivity contribution >= 4 is 18.5 Å². The highest BCUT2D eigenvalue weighted by atomic mass is 32.1. The van der Waals surface area contributed by atoms with Crippen molar-refractivity contribution in [1.29, 1.82) is 0 Å². The van der Waals surface area contributed by atoms with Crippen molar-refractivity contribution in [2.75, 3.05) is 6.54 Å². The van der Waals surface area contributed by atoms with E-state index in [4.69, 9.17) is 0 Å². The number of hydrogen-bond acceptors (Lipinski definition) is 2. The van der Waals surface area contributed by atoms with Crippen LogP contribution in [-0.4, -0.2) is 23.4 Å². The van der Waals surface area contributed by atoms with Gasteiger partial charge in [-0.25, -0.2) is 0 Å². The van der Waals surface area contributed by atoms with Gasteiger partial charge in [-0.1, -0.05) is 12.1 Å². The van der Waals surface area contributed by atoms with E-state index in [0.717, 1.165) is 29.8 Å². The van der Waals surface area contributed by atoms with Gasteiger partial charge in [-0.05, 0) is 37.5 Å². The second-order valence-corrected chi connectivity index (χ2v) is 4.94. The number of carbonyl (C=O) groups excluding carboxylic acids is 1. The molecule has 3 heteroatoms. The SMILES string of the molecule is CC1CCCN1C(=O)Cc1ccc(S)cc1. The van der Waals surface area contributed by atoms with Crippen molar-refractivity contribution in [3.05, 3.63) is 29.8 Å². The molecule has 0 saturated carbocycles. The van der Waals surface area contributed by atoms with Crippen molar-refractivity contribution in [1.82, 2.24) is 4.90 Å². The minimum absolute atomic E-state index is 0.247. The summed E-state index contributed by atoms with van der Waals surface area (Å²) in [4.78, 5) is 14.9. The Balaban J connectivity index is 1.99. The average Bonchev–Trinajstić information content (AvgIpc) is 2.68. The fourth-order valence-electron chi connectivity index (χ4n) is 2.19. The Morgan fingerprint density at radius 3 is 2.69 bits per heavy atom. The molecule has 1 aliphatic heterocycles. The predicted octanol–water partition coefficient (Wildman–Crippen LogP) is 2.53. The molecule has 1 amide bonds. The van der Waals surface area contributed by atoms with Gasteiger partial charge in [0.05, 0.1) is 6.42 Å². The van der Waals surface area contributed by atoms with Crippen LogP contribution in [0.3, 0.4) is 0 Å². The fraction of sp³-hybridized carbons (Fsp3) is 0.462. The summed E-state index contributed by atoms with van der Waals surface area (Å²) in [7, 11) is 0. The Hall–Kier alpha value is -0.960. The molecule has 1 atom stereocenters. The van der Waals surface area contributed by atoms with Gasteiger partial charge in [0, 0.05) is 17.5 Å². The van der Waals surface area contributed by atoms with E-state index in [2.05, 4.69) is 19.6 Å². The van der Waals surface area contributed by atoms with Crippen LogP contribution in [-0.2, 0) is 11.2 Å². The standard InChI is InChI=1S/C13H17NOS/c1-10-3-2-8-14(10)13(15)9-11-4-6-12(16)7-5-11/h4-7,10,16H,2-3,8-9H2,1H3. The maximum absolute atomic E-state index is 12.0. The molecule has 0 N–H and O–H groups in total.